The van der Waals surface area contributed by atoms with Crippen LogP contribution in [0.4, 0.5) is 4.79 Å². The minimum absolute atomic E-state index is 0.0626. The predicted molar refractivity (Wildman–Crippen MR) is 224 cm³/mol. The molecular formula is C44H52N8O4S. The molecule has 57 heavy (non-hydrogen) atoms. The van der Waals surface area contributed by atoms with Gasteiger partial charge in [0.2, 0.25) is 11.8 Å². The lowest BCUT2D eigenvalue weighted by molar-refractivity contribution is -0.136. The van der Waals surface area contributed by atoms with Crippen molar-refractivity contribution < 1.29 is 19.1 Å². The second-order valence-electron chi connectivity index (χ2n) is 15.9. The molecule has 5 heterocycles. The zero-order valence-electron chi connectivity index (χ0n) is 32.9. The van der Waals surface area contributed by atoms with E-state index >= 15 is 0 Å². The number of likely N-dealkylation sites (tertiary alicyclic amines) is 2. The van der Waals surface area contributed by atoms with Gasteiger partial charge in [0.25, 0.3) is 0 Å². The molecule has 12 nitrogen and oxygen atoms in total. The van der Waals surface area contributed by atoms with Gasteiger partial charge in [-0.2, -0.15) is 11.8 Å². The van der Waals surface area contributed by atoms with Gasteiger partial charge in [-0.3, -0.25) is 9.59 Å². The number of hydrogen-bond donors (Lipinski definition) is 4. The zero-order chi connectivity index (χ0) is 39.6. The average Bonchev–Trinajstić information content (AvgIpc) is 4.09. The van der Waals surface area contributed by atoms with Crippen LogP contribution >= 0.6 is 11.8 Å². The predicted octanol–water partition coefficient (Wildman–Crippen LogP) is 7.47. The fourth-order valence-electron chi connectivity index (χ4n) is 8.72. The number of H-pyrrole nitrogens is 2. The van der Waals surface area contributed by atoms with Gasteiger partial charge in [-0.25, -0.2) is 14.8 Å². The minimum atomic E-state index is -0.678. The number of ether oxygens (including phenoxy) is 1. The largest absolute Gasteiger partial charge is 0.453 e. The summed E-state index contributed by atoms with van der Waals surface area (Å²) in [4.78, 5) is 59.3. The van der Waals surface area contributed by atoms with Crippen molar-refractivity contribution in [1.29, 1.82) is 0 Å². The quantitative estimate of drug-likeness (QED) is 0.113. The van der Waals surface area contributed by atoms with E-state index in [0.29, 0.717) is 6.54 Å². The number of aromatic amines is 2. The lowest BCUT2D eigenvalue weighted by Gasteiger charge is -2.31. The maximum absolute atomic E-state index is 13.6. The van der Waals surface area contributed by atoms with Gasteiger partial charge in [0.1, 0.15) is 17.7 Å². The number of nitrogens with one attached hydrogen (secondary N) is 3. The number of thioether (sulfide) groups is 1. The van der Waals surface area contributed by atoms with Gasteiger partial charge in [0, 0.05) is 18.7 Å². The summed E-state index contributed by atoms with van der Waals surface area (Å²) in [6.45, 7) is 5.15. The van der Waals surface area contributed by atoms with Gasteiger partial charge in [-0.1, -0.05) is 62.4 Å². The maximum atomic E-state index is 13.6. The van der Waals surface area contributed by atoms with E-state index in [-0.39, 0.29) is 35.7 Å². The first kappa shape index (κ1) is 38.7. The van der Waals surface area contributed by atoms with Crippen molar-refractivity contribution in [2.75, 3.05) is 31.7 Å². The number of amides is 3. The smallest absolute Gasteiger partial charge is 0.407 e. The Balaban J connectivity index is 0.932. The number of benzene rings is 3. The van der Waals surface area contributed by atoms with E-state index in [0.717, 1.165) is 113 Å². The van der Waals surface area contributed by atoms with Crippen LogP contribution in [0.25, 0.3) is 44.4 Å². The SMILES string of the molecule is COC(=O)N[C@H](C(=O)N1CCC[C@H]1c1ncc(-c2ccc3cc(-c4ccc(-c5cnc([C@@H]6CCCN6C(=O)[C@@H](N)C6CCSCC6)[nH]5)cc4)ccc3c2)[nH]1)C(C)C. The molecule has 4 atom stereocenters. The number of alkyl carbamates (subject to hydrolysis) is 1. The molecule has 13 heteroatoms. The van der Waals surface area contributed by atoms with Crippen LogP contribution in [0.1, 0.15) is 76.1 Å². The summed E-state index contributed by atoms with van der Waals surface area (Å²) < 4.78 is 4.77. The lowest BCUT2D eigenvalue weighted by atomic mass is 9.93. The summed E-state index contributed by atoms with van der Waals surface area (Å²) in [7, 11) is 1.30. The summed E-state index contributed by atoms with van der Waals surface area (Å²) in [5, 5.41) is 4.95. The van der Waals surface area contributed by atoms with Crippen LogP contribution < -0.4 is 11.1 Å². The summed E-state index contributed by atoms with van der Waals surface area (Å²) >= 11 is 1.95. The normalized spacial score (nSPS) is 19.9. The van der Waals surface area contributed by atoms with Crippen molar-refractivity contribution in [3.05, 3.63) is 84.7 Å². The molecule has 3 saturated heterocycles. The van der Waals surface area contributed by atoms with Crippen molar-refractivity contribution in [2.24, 2.45) is 17.6 Å². The summed E-state index contributed by atoms with van der Waals surface area (Å²) in [6.07, 6.45) is 8.60. The molecule has 3 aliphatic heterocycles. The molecule has 3 aromatic carbocycles. The number of methoxy groups -OCH3 is 1. The van der Waals surface area contributed by atoms with Crippen molar-refractivity contribution in [3.63, 3.8) is 0 Å². The van der Waals surface area contributed by atoms with Gasteiger partial charge in [0.15, 0.2) is 0 Å². The van der Waals surface area contributed by atoms with E-state index in [2.05, 4.69) is 75.9 Å². The number of carbonyl (C=O) groups is 3. The van der Waals surface area contributed by atoms with E-state index in [4.69, 9.17) is 20.4 Å². The Morgan fingerprint density at radius 3 is 1.88 bits per heavy atom. The molecule has 3 fully saturated rings. The summed E-state index contributed by atoms with van der Waals surface area (Å²) in [6, 6.07) is 20.0. The Morgan fingerprint density at radius 1 is 0.754 bits per heavy atom. The Morgan fingerprint density at radius 2 is 1.28 bits per heavy atom. The van der Waals surface area contributed by atoms with Crippen LogP contribution in [-0.4, -0.2) is 91.4 Å². The molecule has 0 bridgehead atoms. The highest BCUT2D eigenvalue weighted by Gasteiger charge is 2.39. The monoisotopic (exact) mass is 788 g/mol. The number of aromatic nitrogens is 4. The van der Waals surface area contributed by atoms with E-state index in [1.807, 2.05) is 47.8 Å². The minimum Gasteiger partial charge on any atom is -0.453 e. The highest BCUT2D eigenvalue weighted by Crippen LogP contribution is 2.36. The molecule has 5 N–H and O–H groups in total. The second kappa shape index (κ2) is 16.8. The standard InChI is InChI=1S/C44H52N8O4S/c1-26(2)39(50-44(55)56-3)43(54)52-19-5-7-37(52)41-47-25-35(49-41)33-15-14-31-22-30(12-13-32(31)23-33)27-8-10-28(11-9-27)34-24-46-40(48-34)36-6-4-18-51(36)42(53)38(45)29-16-20-57-21-17-29/h8-15,22-26,29,36-39H,4-7,16-21,45H2,1-3H3,(H,46,48)(H,47,49)(H,50,55)/t36-,37-,38-,39-/m0/s1. The van der Waals surface area contributed by atoms with Crippen LogP contribution in [0.2, 0.25) is 0 Å². The molecular weight excluding hydrogens is 737 g/mol. The molecule has 0 aliphatic carbocycles. The summed E-state index contributed by atoms with van der Waals surface area (Å²) in [5.74, 6) is 3.84. The Bertz CT molecular complexity index is 2230. The molecule has 3 aliphatic rings. The number of hydrogen-bond acceptors (Lipinski definition) is 8. The number of nitrogens with zero attached hydrogens (tertiary/aromatic N) is 4. The van der Waals surface area contributed by atoms with Crippen LogP contribution in [0.5, 0.6) is 0 Å². The number of imidazole rings is 2. The molecule has 3 amide bonds. The Kier molecular flexibility index (Phi) is 11.4. The molecule has 8 rings (SSSR count). The number of nitrogens with two attached hydrogens (primary N) is 1. The highest BCUT2D eigenvalue weighted by molar-refractivity contribution is 7.99. The molecule has 0 unspecified atom stereocenters. The third-order valence-corrected chi connectivity index (χ3v) is 13.1. The van der Waals surface area contributed by atoms with Gasteiger partial charge in [0.05, 0.1) is 49.0 Å². The Hall–Kier alpha value is -5.14. The van der Waals surface area contributed by atoms with E-state index in [9.17, 15) is 14.4 Å². The van der Waals surface area contributed by atoms with Crippen molar-refractivity contribution in [2.45, 2.75) is 76.5 Å². The van der Waals surface area contributed by atoms with Crippen LogP contribution in [-0.2, 0) is 14.3 Å². The third-order valence-electron chi connectivity index (χ3n) is 12.0. The molecule has 0 saturated carbocycles. The molecule has 5 aromatic rings. The van der Waals surface area contributed by atoms with Gasteiger partial charge >= 0.3 is 6.09 Å². The fraction of sp³-hybridized carbons (Fsp3) is 0.432. The van der Waals surface area contributed by atoms with Crippen molar-refractivity contribution in [1.82, 2.24) is 35.1 Å². The van der Waals surface area contributed by atoms with Gasteiger partial charge < -0.3 is 35.6 Å². The van der Waals surface area contributed by atoms with Crippen LogP contribution in [0, 0.1) is 11.8 Å². The van der Waals surface area contributed by atoms with E-state index in [1.165, 1.54) is 7.11 Å². The number of rotatable bonds is 10. The van der Waals surface area contributed by atoms with Gasteiger partial charge in [-0.05, 0) is 101 Å². The first-order chi connectivity index (χ1) is 27.7. The Labute approximate surface area is 337 Å². The number of carbonyl (C=O) groups excluding carboxylic acids is 3. The second-order valence-corrected chi connectivity index (χ2v) is 17.2. The van der Waals surface area contributed by atoms with Crippen molar-refractivity contribution in [3.8, 4) is 33.6 Å². The fourth-order valence-corrected chi connectivity index (χ4v) is 9.86. The maximum Gasteiger partial charge on any atom is 0.407 e. The zero-order valence-corrected chi connectivity index (χ0v) is 33.7. The molecule has 0 radical (unpaired) electrons. The summed E-state index contributed by atoms with van der Waals surface area (Å²) in [5.41, 5.74) is 12.6. The molecule has 2 aromatic heterocycles. The highest BCUT2D eigenvalue weighted by atomic mass is 32.2. The van der Waals surface area contributed by atoms with Crippen molar-refractivity contribution >= 4 is 40.4 Å². The van der Waals surface area contributed by atoms with Crippen LogP contribution in [0.3, 0.4) is 0 Å². The topological polar surface area (TPSA) is 162 Å². The number of fused-ring (bicyclic) bond motifs is 1. The van der Waals surface area contributed by atoms with E-state index < -0.39 is 18.2 Å². The van der Waals surface area contributed by atoms with E-state index in [1.54, 1.807) is 0 Å². The average molecular weight is 789 g/mol. The molecule has 298 valence electrons. The first-order valence-electron chi connectivity index (χ1n) is 20.2. The lowest BCUT2D eigenvalue weighted by Crippen LogP contribution is -2.51. The molecule has 0 spiro atoms. The van der Waals surface area contributed by atoms with Gasteiger partial charge in [-0.15, -0.1) is 0 Å². The third kappa shape index (κ3) is 8.04. The van der Waals surface area contributed by atoms with Crippen LogP contribution in [0.15, 0.2) is 73.1 Å². The first-order valence-corrected chi connectivity index (χ1v) is 21.4.